The van der Waals surface area contributed by atoms with E-state index in [1.807, 2.05) is 26.0 Å². The Balaban J connectivity index is 2.39. The van der Waals surface area contributed by atoms with Crippen LogP contribution in [0.5, 0.6) is 0 Å². The lowest BCUT2D eigenvalue weighted by Crippen LogP contribution is -2.10. The molecule has 0 saturated heterocycles. The molecule has 0 aliphatic rings. The summed E-state index contributed by atoms with van der Waals surface area (Å²) in [4.78, 5) is 11.5. The quantitative estimate of drug-likeness (QED) is 0.600. The number of hydrogen-bond donors (Lipinski definition) is 1. The standard InChI is InChI=1S/C19H30FNO/c1-14(2)13-21-17-11-8-10-16(19(17)20)9-6-5-7-12-18(22)15(3)4/h8,10-11,14-15,21H,5-7,9,12-13H2,1-4H3. The van der Waals surface area contributed by atoms with Crippen molar-refractivity contribution in [3.63, 3.8) is 0 Å². The average Bonchev–Trinajstić information content (AvgIpc) is 2.46. The molecular formula is C19H30FNO. The van der Waals surface area contributed by atoms with Crippen LogP contribution < -0.4 is 5.32 Å². The van der Waals surface area contributed by atoms with Crippen molar-refractivity contribution in [3.8, 4) is 0 Å². The number of unbranched alkanes of at least 4 members (excludes halogenated alkanes) is 2. The Labute approximate surface area is 134 Å². The number of nitrogens with one attached hydrogen (secondary N) is 1. The third kappa shape index (κ3) is 6.59. The van der Waals surface area contributed by atoms with Crippen LogP contribution in [0.4, 0.5) is 10.1 Å². The zero-order valence-electron chi connectivity index (χ0n) is 14.4. The van der Waals surface area contributed by atoms with Crippen LogP contribution in [-0.4, -0.2) is 12.3 Å². The fraction of sp³-hybridized carbons (Fsp3) is 0.632. The van der Waals surface area contributed by atoms with E-state index in [-0.39, 0.29) is 11.7 Å². The number of carbonyl (C=O) groups excluding carboxylic acids is 1. The van der Waals surface area contributed by atoms with E-state index in [2.05, 4.69) is 19.2 Å². The Morgan fingerprint density at radius 1 is 1.14 bits per heavy atom. The van der Waals surface area contributed by atoms with Crippen molar-refractivity contribution in [2.24, 2.45) is 11.8 Å². The fourth-order valence-electron chi connectivity index (χ4n) is 2.30. The molecule has 0 spiro atoms. The van der Waals surface area contributed by atoms with Gasteiger partial charge in [0.2, 0.25) is 0 Å². The summed E-state index contributed by atoms with van der Waals surface area (Å²) in [6, 6.07) is 5.56. The number of Topliss-reactive ketones (excluding diaryl/α,β-unsaturated/α-hetero) is 1. The van der Waals surface area contributed by atoms with Crippen LogP contribution in [0.3, 0.4) is 0 Å². The number of carbonyl (C=O) groups is 1. The van der Waals surface area contributed by atoms with Crippen LogP contribution in [0.1, 0.15) is 58.9 Å². The highest BCUT2D eigenvalue weighted by Gasteiger charge is 2.09. The SMILES string of the molecule is CC(C)CNc1cccc(CCCCCC(=O)C(C)C)c1F. The van der Waals surface area contributed by atoms with Gasteiger partial charge < -0.3 is 5.32 Å². The van der Waals surface area contributed by atoms with Crippen LogP contribution in [-0.2, 0) is 11.2 Å². The molecule has 1 aromatic carbocycles. The number of anilines is 1. The van der Waals surface area contributed by atoms with Gasteiger partial charge in [0.05, 0.1) is 5.69 Å². The maximum atomic E-state index is 14.3. The van der Waals surface area contributed by atoms with Crippen molar-refractivity contribution in [2.75, 3.05) is 11.9 Å². The molecule has 22 heavy (non-hydrogen) atoms. The van der Waals surface area contributed by atoms with Crippen molar-refractivity contribution in [3.05, 3.63) is 29.6 Å². The molecule has 0 fully saturated rings. The van der Waals surface area contributed by atoms with Crippen molar-refractivity contribution in [1.82, 2.24) is 0 Å². The molecule has 2 nitrogen and oxygen atoms in total. The fourth-order valence-corrected chi connectivity index (χ4v) is 2.30. The lowest BCUT2D eigenvalue weighted by atomic mass is 10.0. The summed E-state index contributed by atoms with van der Waals surface area (Å²) in [6.07, 6.45) is 4.19. The van der Waals surface area contributed by atoms with E-state index < -0.39 is 0 Å². The number of hydrogen-bond acceptors (Lipinski definition) is 2. The first kappa shape index (κ1) is 18.7. The summed E-state index contributed by atoms with van der Waals surface area (Å²) in [6.45, 7) is 8.86. The monoisotopic (exact) mass is 307 g/mol. The molecular weight excluding hydrogens is 277 g/mol. The van der Waals surface area contributed by atoms with E-state index in [0.29, 0.717) is 23.8 Å². The van der Waals surface area contributed by atoms with E-state index in [1.54, 1.807) is 6.07 Å². The van der Waals surface area contributed by atoms with Crippen LogP contribution >= 0.6 is 0 Å². The zero-order valence-corrected chi connectivity index (χ0v) is 14.4. The number of benzene rings is 1. The topological polar surface area (TPSA) is 29.1 Å². The summed E-state index contributed by atoms with van der Waals surface area (Å²) >= 11 is 0. The third-order valence-electron chi connectivity index (χ3n) is 3.79. The lowest BCUT2D eigenvalue weighted by molar-refractivity contribution is -0.122. The lowest BCUT2D eigenvalue weighted by Gasteiger charge is -2.12. The molecule has 1 rings (SSSR count). The largest absolute Gasteiger partial charge is 0.382 e. The number of halogens is 1. The molecule has 0 aliphatic carbocycles. The minimum absolute atomic E-state index is 0.124. The van der Waals surface area contributed by atoms with Gasteiger partial charge in [0.25, 0.3) is 0 Å². The zero-order chi connectivity index (χ0) is 16.5. The molecule has 1 aromatic rings. The molecule has 0 amide bonds. The van der Waals surface area contributed by atoms with E-state index >= 15 is 0 Å². The predicted molar refractivity (Wildman–Crippen MR) is 91.7 cm³/mol. The molecule has 0 saturated carbocycles. The second-order valence-corrected chi connectivity index (χ2v) is 6.74. The molecule has 0 unspecified atom stereocenters. The maximum absolute atomic E-state index is 14.3. The highest BCUT2D eigenvalue weighted by molar-refractivity contribution is 5.80. The van der Waals surface area contributed by atoms with E-state index in [4.69, 9.17) is 0 Å². The minimum atomic E-state index is -0.124. The third-order valence-corrected chi connectivity index (χ3v) is 3.79. The van der Waals surface area contributed by atoms with Gasteiger partial charge in [-0.25, -0.2) is 4.39 Å². The van der Waals surface area contributed by atoms with Crippen LogP contribution in [0.25, 0.3) is 0 Å². The van der Waals surface area contributed by atoms with Crippen molar-refractivity contribution in [1.29, 1.82) is 0 Å². The molecule has 0 atom stereocenters. The van der Waals surface area contributed by atoms with Crippen LogP contribution in [0.15, 0.2) is 18.2 Å². The van der Waals surface area contributed by atoms with E-state index in [0.717, 1.165) is 37.8 Å². The molecule has 0 radical (unpaired) electrons. The molecule has 0 aromatic heterocycles. The van der Waals surface area contributed by atoms with Gasteiger partial charge in [-0.2, -0.15) is 0 Å². The van der Waals surface area contributed by atoms with Gasteiger partial charge in [-0.15, -0.1) is 0 Å². The molecule has 124 valence electrons. The second kappa shape index (κ2) is 9.60. The summed E-state index contributed by atoms with van der Waals surface area (Å²) in [5, 5.41) is 3.16. The van der Waals surface area contributed by atoms with Gasteiger partial charge >= 0.3 is 0 Å². The molecule has 0 aliphatic heterocycles. The predicted octanol–water partition coefficient (Wildman–Crippen LogP) is 5.22. The highest BCUT2D eigenvalue weighted by atomic mass is 19.1. The summed E-state index contributed by atoms with van der Waals surface area (Å²) < 4.78 is 14.3. The van der Waals surface area contributed by atoms with Gasteiger partial charge in [-0.3, -0.25) is 4.79 Å². The molecule has 1 N–H and O–H groups in total. The minimum Gasteiger partial charge on any atom is -0.382 e. The normalized spacial score (nSPS) is 11.2. The first-order valence-electron chi connectivity index (χ1n) is 8.45. The van der Waals surface area contributed by atoms with E-state index in [9.17, 15) is 9.18 Å². The molecule has 0 bridgehead atoms. The Hall–Kier alpha value is -1.38. The Morgan fingerprint density at radius 2 is 1.86 bits per heavy atom. The van der Waals surface area contributed by atoms with Crippen molar-refractivity contribution in [2.45, 2.75) is 59.8 Å². The summed E-state index contributed by atoms with van der Waals surface area (Å²) in [7, 11) is 0. The molecule has 0 heterocycles. The van der Waals surface area contributed by atoms with Gasteiger partial charge in [-0.1, -0.05) is 46.2 Å². The van der Waals surface area contributed by atoms with Crippen molar-refractivity contribution >= 4 is 11.5 Å². The first-order chi connectivity index (χ1) is 10.4. The van der Waals surface area contributed by atoms with Crippen LogP contribution in [0, 0.1) is 17.7 Å². The first-order valence-corrected chi connectivity index (χ1v) is 8.45. The van der Waals surface area contributed by atoms with Gasteiger partial charge in [0.15, 0.2) is 0 Å². The Kier molecular flexibility index (Phi) is 8.15. The van der Waals surface area contributed by atoms with Gasteiger partial charge in [0, 0.05) is 18.9 Å². The Morgan fingerprint density at radius 3 is 2.50 bits per heavy atom. The number of aryl methyl sites for hydroxylation is 1. The smallest absolute Gasteiger partial charge is 0.149 e. The van der Waals surface area contributed by atoms with Gasteiger partial charge in [0.1, 0.15) is 11.6 Å². The second-order valence-electron chi connectivity index (χ2n) is 6.74. The molecule has 3 heteroatoms. The highest BCUT2D eigenvalue weighted by Crippen LogP contribution is 2.20. The van der Waals surface area contributed by atoms with E-state index in [1.165, 1.54) is 0 Å². The summed E-state index contributed by atoms with van der Waals surface area (Å²) in [5.41, 5.74) is 1.37. The Bertz CT molecular complexity index is 469. The number of ketones is 1. The van der Waals surface area contributed by atoms with Crippen molar-refractivity contribution < 1.29 is 9.18 Å². The maximum Gasteiger partial charge on any atom is 0.149 e. The summed E-state index contributed by atoms with van der Waals surface area (Å²) in [5.74, 6) is 0.815. The van der Waals surface area contributed by atoms with Crippen LogP contribution in [0.2, 0.25) is 0 Å². The number of rotatable bonds is 10. The average molecular weight is 307 g/mol. The van der Waals surface area contributed by atoms with Gasteiger partial charge in [-0.05, 0) is 36.8 Å².